The maximum atomic E-state index is 4.43. The van der Waals surface area contributed by atoms with Crippen molar-refractivity contribution in [2.24, 2.45) is 0 Å². The zero-order valence-electron chi connectivity index (χ0n) is 26.1. The van der Waals surface area contributed by atoms with E-state index in [1.54, 1.807) is 6.33 Å². The first-order chi connectivity index (χ1) is 23.8. The third-order valence-electron chi connectivity index (χ3n) is 8.62. The molecule has 0 radical (unpaired) electrons. The Morgan fingerprint density at radius 2 is 0.583 bits per heavy atom. The number of aromatic nitrogens is 4. The lowest BCUT2D eigenvalue weighted by atomic mass is 9.91. The van der Waals surface area contributed by atoms with Crippen LogP contribution in [-0.2, 0) is 0 Å². The van der Waals surface area contributed by atoms with Crippen LogP contribution < -0.4 is 0 Å². The van der Waals surface area contributed by atoms with Crippen molar-refractivity contribution in [2.75, 3.05) is 0 Å². The van der Waals surface area contributed by atoms with E-state index in [9.17, 15) is 0 Å². The van der Waals surface area contributed by atoms with Crippen LogP contribution in [0, 0.1) is 0 Å². The van der Waals surface area contributed by atoms with Crippen LogP contribution in [0.2, 0.25) is 0 Å². The Morgan fingerprint density at radius 1 is 0.229 bits per heavy atom. The van der Waals surface area contributed by atoms with Crippen molar-refractivity contribution in [3.63, 3.8) is 0 Å². The van der Waals surface area contributed by atoms with Gasteiger partial charge in [-0.05, 0) is 127 Å². The van der Waals surface area contributed by atoms with Crippen LogP contribution in [0.3, 0.4) is 0 Å². The van der Waals surface area contributed by atoms with Gasteiger partial charge in [0.25, 0.3) is 0 Å². The number of hydrogen-bond acceptors (Lipinski definition) is 4. The SMILES string of the molecule is c1cncc(-c2cc(-c3cccc(-c4cccc(-c5ccncc5)c4)c3)cc(-c3cccc(-c4cccc(-c5cncnc5)c4)c3)c2)c1. The molecule has 0 saturated carbocycles. The van der Waals surface area contributed by atoms with Crippen LogP contribution in [0.1, 0.15) is 0 Å². The standard InChI is InChI=1S/C44H30N4/c1-6-32(31-15-18-45-19-16-31)20-33(7-1)34-8-2-11-37(21-34)41-24-42(26-43(25-41)40-14-5-17-46-27-40)38-12-3-9-35(22-38)36-10-4-13-39(23-36)44-28-47-30-48-29-44/h1-30H. The molecule has 3 heterocycles. The molecule has 0 atom stereocenters. The Balaban J connectivity index is 1.20. The average Bonchev–Trinajstić information content (AvgIpc) is 3.19. The van der Waals surface area contributed by atoms with Crippen LogP contribution in [-0.4, -0.2) is 19.9 Å². The van der Waals surface area contributed by atoms with Crippen molar-refractivity contribution in [2.45, 2.75) is 0 Å². The topological polar surface area (TPSA) is 51.6 Å². The average molecular weight is 615 g/mol. The van der Waals surface area contributed by atoms with E-state index in [0.717, 1.165) is 61.2 Å². The Labute approximate surface area is 280 Å². The minimum Gasteiger partial charge on any atom is -0.265 e. The van der Waals surface area contributed by atoms with Crippen LogP contribution in [0.5, 0.6) is 0 Å². The number of pyridine rings is 2. The van der Waals surface area contributed by atoms with Gasteiger partial charge in [0.15, 0.2) is 0 Å². The van der Waals surface area contributed by atoms with E-state index < -0.39 is 0 Å². The molecule has 0 N–H and O–H groups in total. The lowest BCUT2D eigenvalue weighted by Gasteiger charge is -2.13. The molecule has 0 bridgehead atoms. The van der Waals surface area contributed by atoms with Crippen LogP contribution in [0.25, 0.3) is 77.9 Å². The first kappa shape index (κ1) is 28.9. The van der Waals surface area contributed by atoms with E-state index >= 15 is 0 Å². The molecular weight excluding hydrogens is 585 g/mol. The first-order valence-electron chi connectivity index (χ1n) is 15.9. The largest absolute Gasteiger partial charge is 0.265 e. The summed E-state index contributed by atoms with van der Waals surface area (Å²) < 4.78 is 0. The Kier molecular flexibility index (Phi) is 7.87. The maximum absolute atomic E-state index is 4.43. The van der Waals surface area contributed by atoms with Gasteiger partial charge in [-0.2, -0.15) is 0 Å². The van der Waals surface area contributed by atoms with Gasteiger partial charge < -0.3 is 0 Å². The molecule has 0 spiro atoms. The number of hydrogen-bond donors (Lipinski definition) is 0. The predicted octanol–water partition coefficient (Wildman–Crippen LogP) is 10.9. The molecule has 8 rings (SSSR count). The molecule has 0 saturated heterocycles. The summed E-state index contributed by atoms with van der Waals surface area (Å²) in [6, 6.07) is 49.8. The lowest BCUT2D eigenvalue weighted by molar-refractivity contribution is 1.17. The smallest absolute Gasteiger partial charge is 0.115 e. The maximum Gasteiger partial charge on any atom is 0.115 e. The van der Waals surface area contributed by atoms with Crippen molar-refractivity contribution < 1.29 is 0 Å². The van der Waals surface area contributed by atoms with Crippen molar-refractivity contribution in [3.8, 4) is 77.9 Å². The highest BCUT2D eigenvalue weighted by Gasteiger charge is 2.11. The molecule has 226 valence electrons. The summed E-state index contributed by atoms with van der Waals surface area (Å²) in [6.07, 6.45) is 12.7. The fourth-order valence-electron chi connectivity index (χ4n) is 6.17. The van der Waals surface area contributed by atoms with E-state index in [1.165, 1.54) is 16.7 Å². The molecule has 5 aromatic carbocycles. The highest BCUT2D eigenvalue weighted by Crippen LogP contribution is 2.36. The van der Waals surface area contributed by atoms with Gasteiger partial charge >= 0.3 is 0 Å². The highest BCUT2D eigenvalue weighted by molar-refractivity contribution is 5.85. The summed E-state index contributed by atoms with van der Waals surface area (Å²) in [6.45, 7) is 0. The van der Waals surface area contributed by atoms with E-state index in [2.05, 4.69) is 141 Å². The second kappa shape index (κ2) is 13.1. The van der Waals surface area contributed by atoms with Crippen molar-refractivity contribution in [1.82, 2.24) is 19.9 Å². The fourth-order valence-corrected chi connectivity index (χ4v) is 6.17. The highest BCUT2D eigenvalue weighted by atomic mass is 14.8. The van der Waals surface area contributed by atoms with E-state index in [1.807, 2.05) is 55.4 Å². The summed E-state index contributed by atoms with van der Waals surface area (Å²) in [5.74, 6) is 0. The summed E-state index contributed by atoms with van der Waals surface area (Å²) in [7, 11) is 0. The lowest BCUT2D eigenvalue weighted by Crippen LogP contribution is -1.89. The van der Waals surface area contributed by atoms with E-state index in [0.29, 0.717) is 0 Å². The van der Waals surface area contributed by atoms with Gasteiger partial charge in [0.05, 0.1) is 0 Å². The Bertz CT molecular complexity index is 2190. The third-order valence-corrected chi connectivity index (χ3v) is 8.62. The van der Waals surface area contributed by atoms with Gasteiger partial charge in [0, 0.05) is 48.3 Å². The van der Waals surface area contributed by atoms with Crippen molar-refractivity contribution in [1.29, 1.82) is 0 Å². The monoisotopic (exact) mass is 614 g/mol. The molecular formula is C44H30N4. The van der Waals surface area contributed by atoms with Crippen LogP contribution >= 0.6 is 0 Å². The second-order valence-electron chi connectivity index (χ2n) is 11.7. The molecule has 48 heavy (non-hydrogen) atoms. The molecule has 0 amide bonds. The third kappa shape index (κ3) is 6.15. The summed E-state index contributed by atoms with van der Waals surface area (Å²) in [4.78, 5) is 17.0. The molecule has 0 aliphatic heterocycles. The molecule has 0 aliphatic rings. The molecule has 0 aliphatic carbocycles. The van der Waals surface area contributed by atoms with Crippen LogP contribution in [0.4, 0.5) is 0 Å². The van der Waals surface area contributed by atoms with Gasteiger partial charge in [-0.15, -0.1) is 0 Å². The number of nitrogens with zero attached hydrogens (tertiary/aromatic N) is 4. The predicted molar refractivity (Wildman–Crippen MR) is 196 cm³/mol. The summed E-state index contributed by atoms with van der Waals surface area (Å²) >= 11 is 0. The second-order valence-corrected chi connectivity index (χ2v) is 11.7. The minimum absolute atomic E-state index is 0.996. The van der Waals surface area contributed by atoms with Gasteiger partial charge in [-0.1, -0.05) is 78.9 Å². The molecule has 8 aromatic rings. The number of rotatable bonds is 7. The fraction of sp³-hybridized carbons (Fsp3) is 0. The molecule has 0 unspecified atom stereocenters. The quantitative estimate of drug-likeness (QED) is 0.179. The Hall–Kier alpha value is -6.52. The minimum atomic E-state index is 0.996. The van der Waals surface area contributed by atoms with Crippen molar-refractivity contribution >= 4 is 0 Å². The zero-order chi connectivity index (χ0) is 32.1. The van der Waals surface area contributed by atoms with Crippen molar-refractivity contribution in [3.05, 3.63) is 183 Å². The summed E-state index contributed by atoms with van der Waals surface area (Å²) in [5.41, 5.74) is 15.8. The van der Waals surface area contributed by atoms with E-state index in [-0.39, 0.29) is 0 Å². The normalized spacial score (nSPS) is 10.9. The van der Waals surface area contributed by atoms with Crippen LogP contribution in [0.15, 0.2) is 183 Å². The molecule has 0 fully saturated rings. The van der Waals surface area contributed by atoms with Gasteiger partial charge in [0.2, 0.25) is 0 Å². The van der Waals surface area contributed by atoms with Gasteiger partial charge in [-0.25, -0.2) is 9.97 Å². The number of benzene rings is 5. The zero-order valence-corrected chi connectivity index (χ0v) is 26.1. The van der Waals surface area contributed by atoms with Gasteiger partial charge in [0.1, 0.15) is 6.33 Å². The molecule has 4 heteroatoms. The first-order valence-corrected chi connectivity index (χ1v) is 15.9. The van der Waals surface area contributed by atoms with E-state index in [4.69, 9.17) is 0 Å². The van der Waals surface area contributed by atoms with Gasteiger partial charge in [-0.3, -0.25) is 9.97 Å². The molecule has 3 aromatic heterocycles. The summed E-state index contributed by atoms with van der Waals surface area (Å²) in [5, 5.41) is 0. The Morgan fingerprint density at radius 3 is 1.04 bits per heavy atom. The molecule has 4 nitrogen and oxygen atoms in total.